The van der Waals surface area contributed by atoms with Crippen molar-refractivity contribution in [3.8, 4) is 0 Å². The Morgan fingerprint density at radius 1 is 1.23 bits per heavy atom. The van der Waals surface area contributed by atoms with E-state index in [1.54, 1.807) is 0 Å². The van der Waals surface area contributed by atoms with Crippen LogP contribution in [0.3, 0.4) is 0 Å². The van der Waals surface area contributed by atoms with E-state index in [9.17, 15) is 9.00 Å². The highest BCUT2D eigenvalue weighted by Gasteiger charge is 2.25. The van der Waals surface area contributed by atoms with Gasteiger partial charge in [-0.1, -0.05) is 34.5 Å². The molecule has 0 aromatic heterocycles. The van der Waals surface area contributed by atoms with E-state index in [1.807, 2.05) is 30.3 Å². The van der Waals surface area contributed by atoms with Crippen LogP contribution in [-0.2, 0) is 25.4 Å². The molecule has 0 saturated carbocycles. The lowest BCUT2D eigenvalue weighted by atomic mass is 10.2. The highest BCUT2D eigenvalue weighted by molar-refractivity contribution is 8.15. The summed E-state index contributed by atoms with van der Waals surface area (Å²) in [6.07, 6.45) is 3.24. The summed E-state index contributed by atoms with van der Waals surface area (Å²) in [6.45, 7) is 0. The van der Waals surface area contributed by atoms with Crippen LogP contribution in [0.4, 0.5) is 0 Å². The van der Waals surface area contributed by atoms with Crippen LogP contribution in [0.25, 0.3) is 0 Å². The summed E-state index contributed by atoms with van der Waals surface area (Å²) in [5, 5.41) is -0.182. The third kappa shape index (κ3) is 3.11. The van der Waals surface area contributed by atoms with Crippen molar-refractivity contribution >= 4 is 15.0 Å². The molecule has 13 heavy (non-hydrogen) atoms. The lowest BCUT2D eigenvalue weighted by Crippen LogP contribution is -2.20. The van der Waals surface area contributed by atoms with Crippen molar-refractivity contribution in [3.63, 3.8) is 0 Å². The molecule has 1 aromatic carbocycles. The minimum Gasteiger partial charge on any atom is -0.238 e. The summed E-state index contributed by atoms with van der Waals surface area (Å²) in [7, 11) is -2.29. The zero-order chi connectivity index (χ0) is 9.90. The van der Waals surface area contributed by atoms with Gasteiger partial charge in [0.05, 0.1) is 6.42 Å². The van der Waals surface area contributed by atoms with Gasteiger partial charge in [-0.2, -0.15) is 0 Å². The molecule has 0 fully saturated rings. The second-order valence-corrected chi connectivity index (χ2v) is 6.19. The number of hydrogen-bond donors (Lipinski definition) is 0. The highest BCUT2D eigenvalue weighted by atomic mass is 32.2. The number of hydrogen-bond acceptors (Lipinski definition) is 2. The molecule has 0 N–H and O–H groups in total. The molecule has 0 aliphatic heterocycles. The summed E-state index contributed by atoms with van der Waals surface area (Å²) in [5.74, 6) is 0. The van der Waals surface area contributed by atoms with E-state index < -0.39 is 9.93 Å². The molecular formula is C10H13O2S+. The first-order valence-electron chi connectivity index (χ1n) is 4.01. The Labute approximate surface area is 79.4 Å². The van der Waals surface area contributed by atoms with Gasteiger partial charge in [-0.25, -0.2) is 4.79 Å². The summed E-state index contributed by atoms with van der Waals surface area (Å²) < 4.78 is 11.3. The first-order valence-corrected chi connectivity index (χ1v) is 6.38. The van der Waals surface area contributed by atoms with Crippen molar-refractivity contribution in [2.45, 2.75) is 6.42 Å². The molecule has 0 aliphatic carbocycles. The number of carbonyl (C=O) groups is 1. The van der Waals surface area contributed by atoms with Gasteiger partial charge in [0.2, 0.25) is 0 Å². The van der Waals surface area contributed by atoms with Crippen LogP contribution >= 0.6 is 0 Å². The van der Waals surface area contributed by atoms with Gasteiger partial charge >= 0.3 is 5.12 Å². The van der Waals surface area contributed by atoms with Crippen LogP contribution in [0, 0.1) is 0 Å². The smallest absolute Gasteiger partial charge is 0.238 e. The lowest BCUT2D eigenvalue weighted by molar-refractivity contribution is -0.111. The minimum atomic E-state index is -2.29. The maximum Gasteiger partial charge on any atom is 0.337 e. The van der Waals surface area contributed by atoms with E-state index in [-0.39, 0.29) is 11.5 Å². The third-order valence-corrected chi connectivity index (χ3v) is 2.98. The summed E-state index contributed by atoms with van der Waals surface area (Å²) in [4.78, 5) is 11.4. The van der Waals surface area contributed by atoms with Crippen LogP contribution in [0.5, 0.6) is 0 Å². The fraction of sp³-hybridized carbons (Fsp3) is 0.300. The number of rotatable bonds is 2. The Morgan fingerprint density at radius 2 is 1.77 bits per heavy atom. The summed E-state index contributed by atoms with van der Waals surface area (Å²) in [6, 6.07) is 9.36. The normalized spacial score (nSPS) is 11.2. The molecule has 1 rings (SSSR count). The third-order valence-electron chi connectivity index (χ3n) is 1.74. The maximum atomic E-state index is 11.4. The Hall–Kier alpha value is -0.960. The van der Waals surface area contributed by atoms with Gasteiger partial charge in [0.25, 0.3) is 0 Å². The van der Waals surface area contributed by atoms with Gasteiger partial charge in [0.1, 0.15) is 22.4 Å². The monoisotopic (exact) mass is 197 g/mol. The quantitative estimate of drug-likeness (QED) is 0.673. The molecule has 0 radical (unpaired) electrons. The largest absolute Gasteiger partial charge is 0.337 e. The van der Waals surface area contributed by atoms with Crippen LogP contribution in [0.2, 0.25) is 0 Å². The predicted molar refractivity (Wildman–Crippen MR) is 55.1 cm³/mol. The van der Waals surface area contributed by atoms with Crippen molar-refractivity contribution in [1.82, 2.24) is 0 Å². The molecule has 0 unspecified atom stereocenters. The van der Waals surface area contributed by atoms with E-state index in [2.05, 4.69) is 0 Å². The topological polar surface area (TPSA) is 34.1 Å². The first-order chi connectivity index (χ1) is 6.00. The molecular weight excluding hydrogens is 184 g/mol. The average Bonchev–Trinajstić information content (AvgIpc) is 2.04. The van der Waals surface area contributed by atoms with E-state index in [1.165, 1.54) is 12.5 Å². The molecule has 0 atom stereocenters. The first kappa shape index (κ1) is 10.1. The van der Waals surface area contributed by atoms with E-state index in [4.69, 9.17) is 0 Å². The fourth-order valence-electron chi connectivity index (χ4n) is 0.936. The zero-order valence-corrected chi connectivity index (χ0v) is 8.64. The van der Waals surface area contributed by atoms with Crippen molar-refractivity contribution in [1.29, 1.82) is 0 Å². The molecule has 0 saturated heterocycles. The zero-order valence-electron chi connectivity index (χ0n) is 7.82. The van der Waals surface area contributed by atoms with Gasteiger partial charge in [-0.05, 0) is 5.56 Å². The highest BCUT2D eigenvalue weighted by Crippen LogP contribution is 2.05. The van der Waals surface area contributed by atoms with Crippen molar-refractivity contribution in [2.24, 2.45) is 0 Å². The van der Waals surface area contributed by atoms with Gasteiger partial charge in [-0.15, -0.1) is 0 Å². The number of benzene rings is 1. The fourth-order valence-corrected chi connectivity index (χ4v) is 1.45. The van der Waals surface area contributed by atoms with Crippen LogP contribution in [-0.4, -0.2) is 17.6 Å². The van der Waals surface area contributed by atoms with Crippen LogP contribution in [0.15, 0.2) is 30.3 Å². The Bertz CT molecular complexity index is 337. The van der Waals surface area contributed by atoms with Crippen LogP contribution in [0.1, 0.15) is 5.56 Å². The second kappa shape index (κ2) is 3.83. The predicted octanol–water partition coefficient (Wildman–Crippen LogP) is 1.51. The molecule has 0 heterocycles. The van der Waals surface area contributed by atoms with Gasteiger partial charge < -0.3 is 0 Å². The van der Waals surface area contributed by atoms with Crippen molar-refractivity contribution in [2.75, 3.05) is 12.5 Å². The molecule has 0 bridgehead atoms. The molecule has 3 heteroatoms. The minimum absolute atomic E-state index is 0.182. The standard InChI is InChI=1S/C10H13O2S/c1-13(2,12)10(11)8-9-6-4-3-5-7-9/h3-7H,8H2,1-2H3/q+1. The molecule has 2 nitrogen and oxygen atoms in total. The SMILES string of the molecule is C[S+](C)(=O)C(=O)Cc1ccccc1. The van der Waals surface area contributed by atoms with Gasteiger partial charge in [-0.3, -0.25) is 0 Å². The Morgan fingerprint density at radius 3 is 2.23 bits per heavy atom. The van der Waals surface area contributed by atoms with E-state index >= 15 is 0 Å². The summed E-state index contributed by atoms with van der Waals surface area (Å²) >= 11 is 0. The molecule has 1 aromatic rings. The Kier molecular flexibility index (Phi) is 2.98. The van der Waals surface area contributed by atoms with Crippen LogP contribution < -0.4 is 0 Å². The lowest BCUT2D eigenvalue weighted by Gasteiger charge is -1.99. The van der Waals surface area contributed by atoms with Gasteiger partial charge in [0.15, 0.2) is 0 Å². The summed E-state index contributed by atoms with van der Waals surface area (Å²) in [5.41, 5.74) is 0.920. The maximum absolute atomic E-state index is 11.4. The van der Waals surface area contributed by atoms with E-state index in [0.29, 0.717) is 0 Å². The number of carbonyl (C=O) groups excluding carboxylic acids is 1. The van der Waals surface area contributed by atoms with Crippen molar-refractivity contribution in [3.05, 3.63) is 35.9 Å². The van der Waals surface area contributed by atoms with Crippen molar-refractivity contribution < 1.29 is 9.00 Å². The molecule has 0 aliphatic rings. The molecule has 70 valence electrons. The second-order valence-electron chi connectivity index (χ2n) is 3.27. The molecule has 0 amide bonds. The molecule has 0 spiro atoms. The van der Waals surface area contributed by atoms with E-state index in [0.717, 1.165) is 5.56 Å². The Balaban J connectivity index is 2.72. The average molecular weight is 197 g/mol. The van der Waals surface area contributed by atoms with Gasteiger partial charge in [0, 0.05) is 0 Å².